The van der Waals surface area contributed by atoms with Crippen molar-refractivity contribution in [1.29, 1.82) is 0 Å². The van der Waals surface area contributed by atoms with Crippen molar-refractivity contribution in [2.75, 3.05) is 13.6 Å². The van der Waals surface area contributed by atoms with E-state index in [-0.39, 0.29) is 6.03 Å². The van der Waals surface area contributed by atoms with Crippen LogP contribution in [0, 0.1) is 6.92 Å². The van der Waals surface area contributed by atoms with Crippen molar-refractivity contribution in [3.8, 4) is 11.3 Å². The number of aromatic nitrogens is 1. The van der Waals surface area contributed by atoms with Crippen LogP contribution in [0.25, 0.3) is 11.3 Å². The maximum absolute atomic E-state index is 11.5. The molecule has 26 heavy (non-hydrogen) atoms. The van der Waals surface area contributed by atoms with Crippen LogP contribution in [-0.2, 0) is 6.54 Å². The smallest absolute Gasteiger partial charge is 0.314 e. The average molecular weight is 366 g/mol. The first kappa shape index (κ1) is 17.9. The SMILES string of the molecule is CNC(=O)NCCn1c(-c2ccccc2)csc1=Nc1ccc(C)cc1. The second kappa shape index (κ2) is 8.49. The number of carbonyl (C=O) groups is 1. The van der Waals surface area contributed by atoms with Crippen molar-refractivity contribution in [2.45, 2.75) is 13.5 Å². The van der Waals surface area contributed by atoms with Gasteiger partial charge in [0.15, 0.2) is 4.80 Å². The maximum atomic E-state index is 11.5. The standard InChI is InChI=1S/C20H22N4OS/c1-15-8-10-17(11-9-15)23-20-24(13-12-22-19(25)21-2)18(14-26-20)16-6-4-3-5-7-16/h3-11,14H,12-13H2,1-2H3,(H2,21,22,25). The highest BCUT2D eigenvalue weighted by molar-refractivity contribution is 7.07. The molecular weight excluding hydrogens is 344 g/mol. The Kier molecular flexibility index (Phi) is 5.86. The summed E-state index contributed by atoms with van der Waals surface area (Å²) < 4.78 is 2.15. The normalized spacial score (nSPS) is 11.4. The predicted octanol–water partition coefficient (Wildman–Crippen LogP) is 3.69. The number of hydrogen-bond donors (Lipinski definition) is 2. The number of urea groups is 1. The monoisotopic (exact) mass is 366 g/mol. The lowest BCUT2D eigenvalue weighted by atomic mass is 10.2. The first-order chi connectivity index (χ1) is 12.7. The number of hydrogen-bond acceptors (Lipinski definition) is 3. The summed E-state index contributed by atoms with van der Waals surface area (Å²) in [5.41, 5.74) is 4.36. The molecule has 1 heterocycles. The van der Waals surface area contributed by atoms with Crippen molar-refractivity contribution in [3.05, 3.63) is 70.3 Å². The van der Waals surface area contributed by atoms with Gasteiger partial charge in [0.1, 0.15) is 0 Å². The number of nitrogens with zero attached hydrogens (tertiary/aromatic N) is 2. The summed E-state index contributed by atoms with van der Waals surface area (Å²) in [5, 5.41) is 7.52. The van der Waals surface area contributed by atoms with E-state index in [1.807, 2.05) is 30.3 Å². The summed E-state index contributed by atoms with van der Waals surface area (Å²) in [6.07, 6.45) is 0. The minimum absolute atomic E-state index is 0.181. The Labute approximate surface area is 157 Å². The Morgan fingerprint density at radius 2 is 1.85 bits per heavy atom. The van der Waals surface area contributed by atoms with Crippen LogP contribution < -0.4 is 15.4 Å². The highest BCUT2D eigenvalue weighted by Crippen LogP contribution is 2.20. The van der Waals surface area contributed by atoms with Crippen LogP contribution in [0.1, 0.15) is 5.56 Å². The first-order valence-electron chi connectivity index (χ1n) is 8.48. The molecule has 3 aromatic rings. The van der Waals surface area contributed by atoms with Crippen LogP contribution >= 0.6 is 11.3 Å². The fourth-order valence-electron chi connectivity index (χ4n) is 2.57. The van der Waals surface area contributed by atoms with Crippen molar-refractivity contribution in [1.82, 2.24) is 15.2 Å². The summed E-state index contributed by atoms with van der Waals surface area (Å²) in [6, 6.07) is 18.2. The van der Waals surface area contributed by atoms with E-state index in [1.54, 1.807) is 18.4 Å². The van der Waals surface area contributed by atoms with E-state index in [9.17, 15) is 4.79 Å². The highest BCUT2D eigenvalue weighted by Gasteiger charge is 2.08. The summed E-state index contributed by atoms with van der Waals surface area (Å²) in [5.74, 6) is 0. The molecule has 0 saturated carbocycles. The molecule has 0 aliphatic heterocycles. The number of thiazole rings is 1. The largest absolute Gasteiger partial charge is 0.341 e. The molecule has 0 spiro atoms. The van der Waals surface area contributed by atoms with Crippen LogP contribution in [0.5, 0.6) is 0 Å². The van der Waals surface area contributed by atoms with E-state index < -0.39 is 0 Å². The Morgan fingerprint density at radius 3 is 2.54 bits per heavy atom. The van der Waals surface area contributed by atoms with Crippen molar-refractivity contribution >= 4 is 23.1 Å². The first-order valence-corrected chi connectivity index (χ1v) is 9.36. The molecule has 2 aromatic carbocycles. The lowest BCUT2D eigenvalue weighted by Gasteiger charge is -2.10. The lowest BCUT2D eigenvalue weighted by molar-refractivity contribution is 0.242. The molecule has 0 radical (unpaired) electrons. The number of carbonyl (C=O) groups excluding carboxylic acids is 1. The molecule has 2 N–H and O–H groups in total. The summed E-state index contributed by atoms with van der Waals surface area (Å²) in [4.78, 5) is 17.2. The molecular formula is C20H22N4OS. The van der Waals surface area contributed by atoms with Crippen molar-refractivity contribution in [3.63, 3.8) is 0 Å². The van der Waals surface area contributed by atoms with E-state index in [0.717, 1.165) is 21.7 Å². The Hall–Kier alpha value is -2.86. The van der Waals surface area contributed by atoms with Gasteiger partial charge in [0, 0.05) is 25.5 Å². The van der Waals surface area contributed by atoms with Gasteiger partial charge in [0.05, 0.1) is 11.4 Å². The third kappa shape index (κ3) is 4.40. The predicted molar refractivity (Wildman–Crippen MR) is 107 cm³/mol. The van der Waals surface area contributed by atoms with Crippen LogP contribution in [0.15, 0.2) is 65.0 Å². The molecule has 0 aliphatic carbocycles. The van der Waals surface area contributed by atoms with E-state index >= 15 is 0 Å². The van der Waals surface area contributed by atoms with E-state index in [4.69, 9.17) is 4.99 Å². The van der Waals surface area contributed by atoms with Gasteiger partial charge in [-0.05, 0) is 24.6 Å². The molecule has 0 aliphatic rings. The van der Waals surface area contributed by atoms with Crippen LogP contribution in [0.4, 0.5) is 10.5 Å². The molecule has 134 valence electrons. The average Bonchev–Trinajstić information content (AvgIpc) is 3.06. The number of rotatable bonds is 5. The highest BCUT2D eigenvalue weighted by atomic mass is 32.1. The molecule has 0 saturated heterocycles. The fraction of sp³-hybridized carbons (Fsp3) is 0.200. The Bertz CT molecular complexity index is 926. The van der Waals surface area contributed by atoms with Gasteiger partial charge in [-0.2, -0.15) is 0 Å². The second-order valence-electron chi connectivity index (χ2n) is 5.87. The molecule has 2 amide bonds. The molecule has 6 heteroatoms. The van der Waals surface area contributed by atoms with E-state index in [1.165, 1.54) is 5.56 Å². The quantitative estimate of drug-likeness (QED) is 0.711. The van der Waals surface area contributed by atoms with Crippen molar-refractivity contribution < 1.29 is 4.79 Å². The van der Waals surface area contributed by atoms with E-state index in [0.29, 0.717) is 13.1 Å². The number of nitrogens with one attached hydrogen (secondary N) is 2. The molecule has 5 nitrogen and oxygen atoms in total. The van der Waals surface area contributed by atoms with Crippen molar-refractivity contribution in [2.24, 2.45) is 4.99 Å². The van der Waals surface area contributed by atoms with Gasteiger partial charge in [0.25, 0.3) is 0 Å². The van der Waals surface area contributed by atoms with Crippen LogP contribution in [0.3, 0.4) is 0 Å². The van der Waals surface area contributed by atoms with Gasteiger partial charge >= 0.3 is 6.03 Å². The number of amides is 2. The minimum Gasteiger partial charge on any atom is -0.341 e. The summed E-state index contributed by atoms with van der Waals surface area (Å²) in [6.45, 7) is 3.23. The lowest BCUT2D eigenvalue weighted by Crippen LogP contribution is -2.35. The van der Waals surface area contributed by atoms with Gasteiger partial charge in [-0.3, -0.25) is 0 Å². The number of aryl methyl sites for hydroxylation is 1. The minimum atomic E-state index is -0.181. The number of benzene rings is 2. The van der Waals surface area contributed by atoms with Gasteiger partial charge in [-0.15, -0.1) is 11.3 Å². The van der Waals surface area contributed by atoms with Crippen LogP contribution in [0.2, 0.25) is 0 Å². The van der Waals surface area contributed by atoms with Gasteiger partial charge in [-0.1, -0.05) is 48.0 Å². The molecule has 0 atom stereocenters. The van der Waals surface area contributed by atoms with E-state index in [2.05, 4.69) is 51.8 Å². The molecule has 0 fully saturated rings. The Balaban J connectivity index is 1.97. The maximum Gasteiger partial charge on any atom is 0.314 e. The molecule has 0 bridgehead atoms. The zero-order chi connectivity index (χ0) is 18.4. The van der Waals surface area contributed by atoms with Gasteiger partial charge in [0.2, 0.25) is 0 Å². The summed E-state index contributed by atoms with van der Waals surface area (Å²) in [7, 11) is 1.61. The van der Waals surface area contributed by atoms with Gasteiger partial charge < -0.3 is 15.2 Å². The van der Waals surface area contributed by atoms with Crippen LogP contribution in [-0.4, -0.2) is 24.2 Å². The topological polar surface area (TPSA) is 58.4 Å². The second-order valence-corrected chi connectivity index (χ2v) is 6.71. The molecule has 0 unspecified atom stereocenters. The zero-order valence-corrected chi connectivity index (χ0v) is 15.7. The molecule has 3 rings (SSSR count). The Morgan fingerprint density at radius 1 is 1.12 bits per heavy atom. The van der Waals surface area contributed by atoms with Gasteiger partial charge in [-0.25, -0.2) is 9.79 Å². The fourth-order valence-corrected chi connectivity index (χ4v) is 3.53. The molecule has 1 aromatic heterocycles. The zero-order valence-electron chi connectivity index (χ0n) is 14.9. The summed E-state index contributed by atoms with van der Waals surface area (Å²) >= 11 is 1.60. The third-order valence-electron chi connectivity index (χ3n) is 3.97. The third-order valence-corrected chi connectivity index (χ3v) is 4.84.